The molecular weight excluding hydrogens is 148 g/mol. The molecule has 0 atom stereocenters. The van der Waals surface area contributed by atoms with Crippen LogP contribution in [0.1, 0.15) is 19.0 Å². The van der Waals surface area contributed by atoms with Gasteiger partial charge in [0.15, 0.2) is 0 Å². The van der Waals surface area contributed by atoms with Crippen LogP contribution in [-0.2, 0) is 6.42 Å². The lowest BCUT2D eigenvalue weighted by atomic mass is 10.2. The minimum absolute atomic E-state index is 0.945. The maximum absolute atomic E-state index is 4.20. The standard InChI is InChI=1S/C10H11N2/c1-2-4-9-7-8-5-3-6-11-10(8)12-9/h3,6-7H,2,4H2,1H3,(H,11,12). The summed E-state index contributed by atoms with van der Waals surface area (Å²) in [7, 11) is 0. The van der Waals surface area contributed by atoms with E-state index in [9.17, 15) is 0 Å². The lowest BCUT2D eigenvalue weighted by Crippen LogP contribution is -1.80. The molecule has 2 nitrogen and oxygen atoms in total. The number of nitrogens with zero attached hydrogens (tertiary/aromatic N) is 1. The van der Waals surface area contributed by atoms with Gasteiger partial charge in [-0.2, -0.15) is 0 Å². The second-order valence-corrected chi connectivity index (χ2v) is 2.90. The summed E-state index contributed by atoms with van der Waals surface area (Å²) in [4.78, 5) is 7.45. The summed E-state index contributed by atoms with van der Waals surface area (Å²) in [5.74, 6) is 0. The van der Waals surface area contributed by atoms with Crippen LogP contribution < -0.4 is 0 Å². The number of pyridine rings is 1. The number of fused-ring (bicyclic) bond motifs is 1. The Morgan fingerprint density at radius 1 is 1.58 bits per heavy atom. The van der Waals surface area contributed by atoms with Crippen molar-refractivity contribution in [3.05, 3.63) is 30.1 Å². The summed E-state index contributed by atoms with van der Waals surface area (Å²) in [6, 6.07) is 7.09. The Balaban J connectivity index is 2.47. The van der Waals surface area contributed by atoms with Crippen LogP contribution in [0.25, 0.3) is 11.0 Å². The number of nitrogens with one attached hydrogen (secondary N) is 1. The summed E-state index contributed by atoms with van der Waals surface area (Å²) in [6.07, 6.45) is 4.01. The fourth-order valence-corrected chi connectivity index (χ4v) is 1.35. The molecule has 0 aliphatic carbocycles. The number of rotatable bonds is 2. The van der Waals surface area contributed by atoms with Crippen LogP contribution in [-0.4, -0.2) is 9.97 Å². The van der Waals surface area contributed by atoms with E-state index in [4.69, 9.17) is 0 Å². The molecule has 0 aliphatic rings. The predicted octanol–water partition coefficient (Wildman–Crippen LogP) is 2.32. The Bertz CT molecular complexity index is 343. The highest BCUT2D eigenvalue weighted by Gasteiger charge is 1.98. The molecule has 0 aliphatic heterocycles. The highest BCUT2D eigenvalue weighted by Crippen LogP contribution is 2.12. The SMILES string of the molecule is CCCc1cc2[c]ccnc2[nH]1. The molecule has 0 saturated carbocycles. The van der Waals surface area contributed by atoms with Crippen LogP contribution in [0.15, 0.2) is 18.3 Å². The smallest absolute Gasteiger partial charge is 0.138 e. The number of H-pyrrole nitrogens is 1. The largest absolute Gasteiger partial charge is 0.343 e. The number of aryl methyl sites for hydroxylation is 1. The molecule has 12 heavy (non-hydrogen) atoms. The maximum Gasteiger partial charge on any atom is 0.138 e. The first-order chi connectivity index (χ1) is 5.90. The molecule has 1 N–H and O–H groups in total. The van der Waals surface area contributed by atoms with Crippen LogP contribution in [0.4, 0.5) is 0 Å². The van der Waals surface area contributed by atoms with E-state index in [1.807, 2.05) is 6.07 Å². The van der Waals surface area contributed by atoms with Gasteiger partial charge in [0.1, 0.15) is 5.65 Å². The maximum atomic E-state index is 4.20. The molecule has 2 heteroatoms. The minimum Gasteiger partial charge on any atom is -0.343 e. The summed E-state index contributed by atoms with van der Waals surface area (Å²) in [6.45, 7) is 2.17. The van der Waals surface area contributed by atoms with Gasteiger partial charge in [-0.05, 0) is 24.6 Å². The first-order valence-electron chi connectivity index (χ1n) is 4.24. The fraction of sp³-hybridized carbons (Fsp3) is 0.300. The predicted molar refractivity (Wildman–Crippen MR) is 48.9 cm³/mol. The van der Waals surface area contributed by atoms with Crippen LogP contribution in [0.2, 0.25) is 0 Å². The molecule has 2 rings (SSSR count). The molecule has 2 aromatic heterocycles. The van der Waals surface area contributed by atoms with E-state index in [2.05, 4.69) is 29.0 Å². The van der Waals surface area contributed by atoms with Crippen LogP contribution in [0, 0.1) is 6.07 Å². The average Bonchev–Trinajstić information content (AvgIpc) is 2.47. The molecule has 2 heterocycles. The van der Waals surface area contributed by atoms with E-state index in [-0.39, 0.29) is 0 Å². The molecule has 0 aromatic carbocycles. The zero-order valence-electron chi connectivity index (χ0n) is 7.09. The van der Waals surface area contributed by atoms with Gasteiger partial charge < -0.3 is 4.98 Å². The van der Waals surface area contributed by atoms with Gasteiger partial charge in [0, 0.05) is 17.3 Å². The third kappa shape index (κ3) is 1.20. The van der Waals surface area contributed by atoms with Crippen LogP contribution in [0.5, 0.6) is 0 Å². The lowest BCUT2D eigenvalue weighted by molar-refractivity contribution is 0.895. The van der Waals surface area contributed by atoms with Crippen molar-refractivity contribution in [2.45, 2.75) is 19.8 Å². The summed E-state index contributed by atoms with van der Waals surface area (Å²) >= 11 is 0. The first-order valence-corrected chi connectivity index (χ1v) is 4.24. The normalized spacial score (nSPS) is 10.8. The Morgan fingerprint density at radius 3 is 3.25 bits per heavy atom. The van der Waals surface area contributed by atoms with Crippen LogP contribution >= 0.6 is 0 Å². The lowest BCUT2D eigenvalue weighted by Gasteiger charge is -1.88. The molecule has 0 fully saturated rings. The van der Waals surface area contributed by atoms with E-state index < -0.39 is 0 Å². The van der Waals surface area contributed by atoms with Crippen molar-refractivity contribution >= 4 is 11.0 Å². The summed E-state index contributed by atoms with van der Waals surface area (Å²) in [5, 5.41) is 1.08. The minimum atomic E-state index is 0.945. The fourth-order valence-electron chi connectivity index (χ4n) is 1.35. The highest BCUT2D eigenvalue weighted by atomic mass is 14.8. The van der Waals surface area contributed by atoms with Crippen molar-refractivity contribution in [1.82, 2.24) is 9.97 Å². The van der Waals surface area contributed by atoms with Crippen molar-refractivity contribution in [2.24, 2.45) is 0 Å². The van der Waals surface area contributed by atoms with E-state index in [0.717, 1.165) is 23.9 Å². The van der Waals surface area contributed by atoms with E-state index in [1.54, 1.807) is 6.20 Å². The topological polar surface area (TPSA) is 28.7 Å². The van der Waals surface area contributed by atoms with E-state index >= 15 is 0 Å². The van der Waals surface area contributed by atoms with Crippen molar-refractivity contribution in [1.29, 1.82) is 0 Å². The third-order valence-corrected chi connectivity index (χ3v) is 1.89. The Hall–Kier alpha value is -1.31. The van der Waals surface area contributed by atoms with Gasteiger partial charge in [0.2, 0.25) is 0 Å². The van der Waals surface area contributed by atoms with Crippen molar-refractivity contribution in [2.75, 3.05) is 0 Å². The van der Waals surface area contributed by atoms with Crippen molar-refractivity contribution in [3.63, 3.8) is 0 Å². The van der Waals surface area contributed by atoms with Crippen molar-refractivity contribution in [3.8, 4) is 0 Å². The zero-order chi connectivity index (χ0) is 8.39. The average molecular weight is 159 g/mol. The van der Waals surface area contributed by atoms with Gasteiger partial charge in [0.25, 0.3) is 0 Å². The Morgan fingerprint density at radius 2 is 2.50 bits per heavy atom. The van der Waals surface area contributed by atoms with Gasteiger partial charge in [-0.15, -0.1) is 0 Å². The summed E-state index contributed by atoms with van der Waals surface area (Å²) < 4.78 is 0. The quantitative estimate of drug-likeness (QED) is 0.715. The molecular formula is C10H11N2. The number of aromatic nitrogens is 2. The molecule has 0 bridgehead atoms. The molecule has 0 spiro atoms. The zero-order valence-corrected chi connectivity index (χ0v) is 7.09. The molecule has 2 aromatic rings. The van der Waals surface area contributed by atoms with Gasteiger partial charge in [-0.25, -0.2) is 4.98 Å². The number of hydrogen-bond acceptors (Lipinski definition) is 1. The first kappa shape index (κ1) is 7.35. The molecule has 61 valence electrons. The van der Waals surface area contributed by atoms with Gasteiger partial charge in [-0.3, -0.25) is 0 Å². The second-order valence-electron chi connectivity index (χ2n) is 2.90. The molecule has 0 unspecified atom stereocenters. The molecule has 0 saturated heterocycles. The third-order valence-electron chi connectivity index (χ3n) is 1.89. The summed E-state index contributed by atoms with van der Waals surface area (Å²) in [5.41, 5.74) is 2.20. The monoisotopic (exact) mass is 159 g/mol. The molecule has 1 radical (unpaired) electrons. The highest BCUT2D eigenvalue weighted by molar-refractivity contribution is 5.75. The van der Waals surface area contributed by atoms with Crippen LogP contribution in [0.3, 0.4) is 0 Å². The van der Waals surface area contributed by atoms with Crippen molar-refractivity contribution < 1.29 is 0 Å². The van der Waals surface area contributed by atoms with E-state index in [0.29, 0.717) is 0 Å². The van der Waals surface area contributed by atoms with Gasteiger partial charge >= 0.3 is 0 Å². The molecule has 0 amide bonds. The van der Waals surface area contributed by atoms with E-state index in [1.165, 1.54) is 5.69 Å². The number of aromatic amines is 1. The van der Waals surface area contributed by atoms with Gasteiger partial charge in [0.05, 0.1) is 0 Å². The Labute approximate surface area is 71.6 Å². The second kappa shape index (κ2) is 2.97. The number of hydrogen-bond donors (Lipinski definition) is 1. The van der Waals surface area contributed by atoms with Gasteiger partial charge in [-0.1, -0.05) is 13.3 Å². The Kier molecular flexibility index (Phi) is 1.82.